The zero-order valence-electron chi connectivity index (χ0n) is 23.1. The Morgan fingerprint density at radius 3 is 1.56 bits per heavy atom. The normalized spacial score (nSPS) is 27.2. The Morgan fingerprint density at radius 1 is 0.756 bits per heavy atom. The monoisotopic (exact) mass is 589 g/mol. The van der Waals surface area contributed by atoms with Crippen molar-refractivity contribution < 1.29 is 23.9 Å². The van der Waals surface area contributed by atoms with Gasteiger partial charge in [-0.25, -0.2) is 4.79 Å². The van der Waals surface area contributed by atoms with Gasteiger partial charge in [-0.05, 0) is 42.0 Å². The molecule has 6 nitrogen and oxygen atoms in total. The van der Waals surface area contributed by atoms with E-state index in [1.54, 1.807) is 38.1 Å². The van der Waals surface area contributed by atoms with Crippen LogP contribution in [-0.4, -0.2) is 40.6 Å². The molecule has 0 N–H and O–H groups in total. The van der Waals surface area contributed by atoms with Crippen molar-refractivity contribution in [1.82, 2.24) is 4.90 Å². The summed E-state index contributed by atoms with van der Waals surface area (Å²) in [7, 11) is 0. The fraction of sp³-hybridized carbons (Fsp3) is 0.333. The van der Waals surface area contributed by atoms with E-state index in [0.29, 0.717) is 27.8 Å². The number of carbonyl (C=O) groups is 4. The number of rotatable bonds is 6. The Kier molecular flexibility index (Phi) is 6.44. The molecule has 1 aliphatic heterocycles. The third-order valence-electron chi connectivity index (χ3n) is 8.77. The van der Waals surface area contributed by atoms with E-state index in [2.05, 4.69) is 0 Å². The Bertz CT molecular complexity index is 1490. The number of hydrogen-bond acceptors (Lipinski definition) is 5. The molecule has 41 heavy (non-hydrogen) atoms. The topological polar surface area (TPSA) is 80.8 Å². The molecule has 1 heterocycles. The number of likely N-dealkylation sites (tertiary alicyclic amines) is 1. The average Bonchev–Trinajstić information content (AvgIpc) is 3.22. The molecule has 1 saturated heterocycles. The molecule has 2 amide bonds. The summed E-state index contributed by atoms with van der Waals surface area (Å²) in [5.41, 5.74) is 4.12. The van der Waals surface area contributed by atoms with Crippen LogP contribution < -0.4 is 0 Å². The van der Waals surface area contributed by atoms with Crippen LogP contribution >= 0.6 is 23.2 Å². The van der Waals surface area contributed by atoms with Crippen molar-refractivity contribution in [3.8, 4) is 0 Å². The lowest BCUT2D eigenvalue weighted by Crippen LogP contribution is -2.57. The van der Waals surface area contributed by atoms with E-state index in [0.717, 1.165) is 10.5 Å². The van der Waals surface area contributed by atoms with Gasteiger partial charge >= 0.3 is 5.97 Å². The summed E-state index contributed by atoms with van der Waals surface area (Å²) in [5, 5.41) is 0. The molecule has 2 bridgehead atoms. The number of Topliss-reactive ketones (excluding diaryl/α,β-unsaturated/α-hetero) is 1. The number of halogens is 2. The van der Waals surface area contributed by atoms with Gasteiger partial charge in [0.1, 0.15) is 15.8 Å². The highest BCUT2D eigenvalue weighted by molar-refractivity contribution is 6.36. The second kappa shape index (κ2) is 9.53. The van der Waals surface area contributed by atoms with Crippen molar-refractivity contribution in [3.05, 3.63) is 106 Å². The summed E-state index contributed by atoms with van der Waals surface area (Å²) in [4.78, 5) is 53.6. The van der Waals surface area contributed by atoms with E-state index in [4.69, 9.17) is 27.9 Å². The molecule has 3 aliphatic carbocycles. The molecule has 210 valence electrons. The third kappa shape index (κ3) is 3.70. The summed E-state index contributed by atoms with van der Waals surface area (Å²) >= 11 is 15.0. The first-order valence-corrected chi connectivity index (χ1v) is 14.5. The van der Waals surface area contributed by atoms with Crippen LogP contribution in [0, 0.1) is 24.7 Å². The zero-order chi connectivity index (χ0) is 29.4. The van der Waals surface area contributed by atoms with Crippen LogP contribution in [0.2, 0.25) is 0 Å². The van der Waals surface area contributed by atoms with Crippen molar-refractivity contribution in [1.29, 1.82) is 0 Å². The number of aryl methyl sites for hydroxylation is 1. The van der Waals surface area contributed by atoms with Crippen LogP contribution in [0.4, 0.5) is 0 Å². The van der Waals surface area contributed by atoms with Gasteiger partial charge in [0.2, 0.25) is 17.6 Å². The number of alkyl halides is 2. The SMILES string of the molecule is Cc1ccc(C(=O)[C@H](C)OC(=O)[C@H](C(C)C)N2C(=O)[C@H]3[C@H](C2=O)C2(Cl)c4ccccc4C3(Cl)c3ccccc32)cc1. The molecule has 4 atom stereocenters. The molecule has 0 unspecified atom stereocenters. The predicted molar refractivity (Wildman–Crippen MR) is 155 cm³/mol. The number of imide groups is 1. The number of amides is 2. The molecule has 0 spiro atoms. The fourth-order valence-electron chi connectivity index (χ4n) is 6.89. The van der Waals surface area contributed by atoms with Crippen LogP contribution in [0.15, 0.2) is 72.8 Å². The Hall–Kier alpha value is -3.48. The predicted octanol–water partition coefficient (Wildman–Crippen LogP) is 5.73. The number of benzene rings is 3. The van der Waals surface area contributed by atoms with Crippen LogP contribution in [0.25, 0.3) is 0 Å². The minimum absolute atomic E-state index is 0.378. The summed E-state index contributed by atoms with van der Waals surface area (Å²) in [6, 6.07) is 20.4. The largest absolute Gasteiger partial charge is 0.453 e. The van der Waals surface area contributed by atoms with Crippen LogP contribution in [-0.2, 0) is 28.9 Å². The zero-order valence-corrected chi connectivity index (χ0v) is 24.6. The highest BCUT2D eigenvalue weighted by Gasteiger charge is 2.74. The van der Waals surface area contributed by atoms with Crippen molar-refractivity contribution in [2.75, 3.05) is 0 Å². The number of ether oxygens (including phenoxy) is 1. The lowest BCUT2D eigenvalue weighted by Gasteiger charge is -2.54. The summed E-state index contributed by atoms with van der Waals surface area (Å²) < 4.78 is 5.63. The molecule has 3 aromatic carbocycles. The van der Waals surface area contributed by atoms with E-state index in [1.807, 2.05) is 55.5 Å². The molecule has 4 aliphatic rings. The highest BCUT2D eigenvalue weighted by Crippen LogP contribution is 2.69. The van der Waals surface area contributed by atoms with Gasteiger partial charge < -0.3 is 4.74 Å². The van der Waals surface area contributed by atoms with Crippen molar-refractivity contribution >= 4 is 46.8 Å². The Morgan fingerprint density at radius 2 is 1.17 bits per heavy atom. The molecule has 0 saturated carbocycles. The molecular weight excluding hydrogens is 561 g/mol. The number of esters is 1. The second-order valence-electron chi connectivity index (χ2n) is 11.5. The van der Waals surface area contributed by atoms with Gasteiger partial charge in [0.15, 0.2) is 6.10 Å². The summed E-state index contributed by atoms with van der Waals surface area (Å²) in [6.07, 6.45) is -1.12. The number of hydrogen-bond donors (Lipinski definition) is 0. The van der Waals surface area contributed by atoms with Crippen LogP contribution in [0.5, 0.6) is 0 Å². The van der Waals surface area contributed by atoms with Crippen molar-refractivity contribution in [2.24, 2.45) is 17.8 Å². The molecule has 1 fully saturated rings. The number of ketones is 1. The van der Waals surface area contributed by atoms with Gasteiger partial charge in [0.05, 0.1) is 11.8 Å². The van der Waals surface area contributed by atoms with Gasteiger partial charge in [0, 0.05) is 5.56 Å². The maximum absolute atomic E-state index is 14.3. The number of carbonyl (C=O) groups excluding carboxylic acids is 4. The van der Waals surface area contributed by atoms with E-state index in [1.165, 1.54) is 6.92 Å². The minimum Gasteiger partial charge on any atom is -0.453 e. The van der Waals surface area contributed by atoms with Gasteiger partial charge in [-0.2, -0.15) is 0 Å². The van der Waals surface area contributed by atoms with Gasteiger partial charge in [-0.15, -0.1) is 23.2 Å². The van der Waals surface area contributed by atoms with Crippen molar-refractivity contribution in [2.45, 2.75) is 49.6 Å². The maximum Gasteiger partial charge on any atom is 0.330 e. The molecule has 0 radical (unpaired) electrons. The first kappa shape index (κ1) is 27.7. The third-order valence-corrected chi connectivity index (χ3v) is 10.1. The van der Waals surface area contributed by atoms with Crippen LogP contribution in [0.1, 0.15) is 58.9 Å². The average molecular weight is 591 g/mol. The quantitative estimate of drug-likeness (QED) is 0.159. The smallest absolute Gasteiger partial charge is 0.330 e. The lowest BCUT2D eigenvalue weighted by atomic mass is 9.54. The minimum atomic E-state index is -1.35. The Balaban J connectivity index is 1.39. The molecule has 7 rings (SSSR count). The summed E-state index contributed by atoms with van der Waals surface area (Å²) in [6.45, 7) is 6.85. The fourth-order valence-corrected chi connectivity index (χ4v) is 7.99. The highest BCUT2D eigenvalue weighted by atomic mass is 35.5. The first-order valence-electron chi connectivity index (χ1n) is 13.7. The van der Waals surface area contributed by atoms with E-state index in [-0.39, 0.29) is 5.78 Å². The van der Waals surface area contributed by atoms with Gasteiger partial charge in [-0.1, -0.05) is 92.2 Å². The molecular formula is C33H29Cl2NO5. The molecule has 3 aromatic rings. The van der Waals surface area contributed by atoms with Gasteiger partial charge in [0.25, 0.3) is 0 Å². The maximum atomic E-state index is 14.3. The first-order chi connectivity index (χ1) is 19.4. The second-order valence-corrected chi connectivity index (χ2v) is 12.7. The standard InChI is InChI=1S/C33H29Cl2NO5/c1-17(2)27(31(40)41-19(4)28(37)20-15-13-18(3)14-16-20)36-29(38)25-26(30(36)39)33(35)22-10-6-5-9-21(22)32(25,34)23-11-7-8-12-24(23)33/h5-17,19,25-27H,1-4H3/t19-,25+,26+,27-,32?,33?/m0/s1. The van der Waals surface area contributed by atoms with Crippen LogP contribution in [0.3, 0.4) is 0 Å². The Labute approximate surface area is 248 Å². The van der Waals surface area contributed by atoms with Crippen molar-refractivity contribution in [3.63, 3.8) is 0 Å². The summed E-state index contributed by atoms with van der Waals surface area (Å²) in [5.74, 6) is -4.91. The van der Waals surface area contributed by atoms with E-state index in [9.17, 15) is 19.2 Å². The number of nitrogens with zero attached hydrogens (tertiary/aromatic N) is 1. The molecule has 0 aromatic heterocycles. The van der Waals surface area contributed by atoms with E-state index < -0.39 is 57.4 Å². The molecule has 8 heteroatoms. The van der Waals surface area contributed by atoms with Gasteiger partial charge in [-0.3, -0.25) is 19.3 Å². The van der Waals surface area contributed by atoms with E-state index >= 15 is 0 Å². The lowest BCUT2D eigenvalue weighted by molar-refractivity contribution is -0.162.